The predicted molar refractivity (Wildman–Crippen MR) is 108 cm³/mol. The van der Waals surface area contributed by atoms with Crippen molar-refractivity contribution in [3.05, 3.63) is 24.4 Å². The number of carbonyl (C=O) groups excluding carboxylic acids is 3. The van der Waals surface area contributed by atoms with Gasteiger partial charge in [-0.3, -0.25) is 14.7 Å². The van der Waals surface area contributed by atoms with Crippen LogP contribution in [-0.2, 0) is 14.3 Å². The summed E-state index contributed by atoms with van der Waals surface area (Å²) in [6.07, 6.45) is 1.63. The van der Waals surface area contributed by atoms with Crippen LogP contribution >= 0.6 is 0 Å². The standard InChI is InChI=1S/C20H27N5O4/c1-12(22-19(28)29-20(2,3)4)18(27)25-8-7-13(11-25)17(26)23-15-5-6-16-14(9-15)10-21-24-16/h5-6,9-10,12-13H,7-8,11H2,1-4H3,(H,21,24)(H,22,28)(H,23,26)/t12-,13?/m1/s1. The number of likely N-dealkylation sites (tertiary alicyclic amines) is 1. The molecule has 1 fully saturated rings. The molecule has 0 radical (unpaired) electrons. The second kappa shape index (κ2) is 8.10. The van der Waals surface area contributed by atoms with Crippen molar-refractivity contribution >= 4 is 34.5 Å². The number of amides is 3. The van der Waals surface area contributed by atoms with Gasteiger partial charge in [-0.1, -0.05) is 0 Å². The van der Waals surface area contributed by atoms with Gasteiger partial charge in [-0.15, -0.1) is 0 Å². The van der Waals surface area contributed by atoms with Crippen molar-refractivity contribution in [2.45, 2.75) is 45.8 Å². The molecule has 29 heavy (non-hydrogen) atoms. The van der Waals surface area contributed by atoms with Crippen molar-refractivity contribution in [2.24, 2.45) is 5.92 Å². The molecule has 3 N–H and O–H groups in total. The summed E-state index contributed by atoms with van der Waals surface area (Å²) in [5.74, 6) is -0.658. The lowest BCUT2D eigenvalue weighted by Crippen LogP contribution is -2.47. The third-order valence-corrected chi connectivity index (χ3v) is 4.68. The first-order valence-corrected chi connectivity index (χ1v) is 9.65. The molecule has 2 heterocycles. The summed E-state index contributed by atoms with van der Waals surface area (Å²) in [7, 11) is 0. The zero-order valence-electron chi connectivity index (χ0n) is 17.1. The molecule has 1 unspecified atom stereocenters. The van der Waals surface area contributed by atoms with E-state index in [-0.39, 0.29) is 17.7 Å². The number of hydrogen-bond donors (Lipinski definition) is 3. The van der Waals surface area contributed by atoms with E-state index in [4.69, 9.17) is 4.74 Å². The van der Waals surface area contributed by atoms with Crippen LogP contribution in [0.1, 0.15) is 34.1 Å². The van der Waals surface area contributed by atoms with Crippen LogP contribution in [-0.4, -0.2) is 57.7 Å². The number of nitrogens with one attached hydrogen (secondary N) is 3. The van der Waals surface area contributed by atoms with Gasteiger partial charge in [0.25, 0.3) is 0 Å². The zero-order valence-corrected chi connectivity index (χ0v) is 17.1. The number of hydrogen-bond acceptors (Lipinski definition) is 5. The number of benzene rings is 1. The number of rotatable bonds is 4. The molecule has 1 aromatic carbocycles. The minimum atomic E-state index is -0.727. The van der Waals surface area contributed by atoms with E-state index in [1.807, 2.05) is 18.2 Å². The van der Waals surface area contributed by atoms with Crippen LogP contribution in [0, 0.1) is 5.92 Å². The van der Waals surface area contributed by atoms with Crippen LogP contribution in [0.3, 0.4) is 0 Å². The van der Waals surface area contributed by atoms with Gasteiger partial charge in [0.1, 0.15) is 11.6 Å². The smallest absolute Gasteiger partial charge is 0.408 e. The maximum absolute atomic E-state index is 12.6. The number of nitrogens with zero attached hydrogens (tertiary/aromatic N) is 2. The van der Waals surface area contributed by atoms with E-state index in [9.17, 15) is 14.4 Å². The lowest BCUT2D eigenvalue weighted by atomic mass is 10.1. The van der Waals surface area contributed by atoms with Gasteiger partial charge in [-0.05, 0) is 52.3 Å². The lowest BCUT2D eigenvalue weighted by molar-refractivity contribution is -0.132. The third-order valence-electron chi connectivity index (χ3n) is 4.68. The van der Waals surface area contributed by atoms with Crippen molar-refractivity contribution in [1.82, 2.24) is 20.4 Å². The molecule has 0 bridgehead atoms. The summed E-state index contributed by atoms with van der Waals surface area (Å²) in [5, 5.41) is 13.2. The highest BCUT2D eigenvalue weighted by molar-refractivity contribution is 5.96. The Bertz CT molecular complexity index is 917. The van der Waals surface area contributed by atoms with Gasteiger partial charge in [0.15, 0.2) is 0 Å². The first kappa shape index (κ1) is 20.6. The minimum Gasteiger partial charge on any atom is -0.444 e. The molecule has 2 atom stereocenters. The van der Waals surface area contributed by atoms with E-state index in [1.54, 1.807) is 38.8 Å². The average Bonchev–Trinajstić information content (AvgIpc) is 3.28. The Kier molecular flexibility index (Phi) is 5.76. The molecular formula is C20H27N5O4. The Balaban J connectivity index is 1.52. The van der Waals surface area contributed by atoms with E-state index in [1.165, 1.54) is 0 Å². The first-order valence-electron chi connectivity index (χ1n) is 9.65. The molecule has 156 valence electrons. The van der Waals surface area contributed by atoms with Gasteiger partial charge in [-0.2, -0.15) is 5.10 Å². The van der Waals surface area contributed by atoms with Crippen molar-refractivity contribution in [3.8, 4) is 0 Å². The average molecular weight is 401 g/mol. The molecule has 1 aromatic heterocycles. The Hall–Kier alpha value is -3.10. The quantitative estimate of drug-likeness (QED) is 0.727. The van der Waals surface area contributed by atoms with Crippen molar-refractivity contribution in [3.63, 3.8) is 0 Å². The van der Waals surface area contributed by atoms with Crippen LogP contribution in [0.25, 0.3) is 10.9 Å². The minimum absolute atomic E-state index is 0.129. The number of anilines is 1. The molecule has 1 aliphatic heterocycles. The molecule has 2 aromatic rings. The number of alkyl carbamates (subject to hydrolysis) is 1. The van der Waals surface area contributed by atoms with Crippen molar-refractivity contribution < 1.29 is 19.1 Å². The Morgan fingerprint density at radius 1 is 1.31 bits per heavy atom. The fourth-order valence-corrected chi connectivity index (χ4v) is 3.26. The monoisotopic (exact) mass is 401 g/mol. The van der Waals surface area contributed by atoms with Gasteiger partial charge >= 0.3 is 6.09 Å². The molecule has 1 saturated heterocycles. The van der Waals surface area contributed by atoms with Crippen molar-refractivity contribution in [2.75, 3.05) is 18.4 Å². The molecule has 1 aliphatic rings. The maximum Gasteiger partial charge on any atom is 0.408 e. The van der Waals surface area contributed by atoms with E-state index in [0.29, 0.717) is 25.2 Å². The SMILES string of the molecule is C[C@@H](NC(=O)OC(C)(C)C)C(=O)N1CCC(C(=O)Nc2ccc3[nH]ncc3c2)C1. The fourth-order valence-electron chi connectivity index (χ4n) is 3.26. The van der Waals surface area contributed by atoms with Gasteiger partial charge in [-0.25, -0.2) is 4.79 Å². The first-order chi connectivity index (χ1) is 13.6. The summed E-state index contributed by atoms with van der Waals surface area (Å²) in [6.45, 7) is 7.67. The largest absolute Gasteiger partial charge is 0.444 e. The number of ether oxygens (including phenoxy) is 1. The summed E-state index contributed by atoms with van der Waals surface area (Å²) < 4.78 is 5.18. The molecule has 0 spiro atoms. The summed E-state index contributed by atoms with van der Waals surface area (Å²) in [5.41, 5.74) is 0.948. The topological polar surface area (TPSA) is 116 Å². The predicted octanol–water partition coefficient (Wildman–Crippen LogP) is 2.26. The van der Waals surface area contributed by atoms with Gasteiger partial charge in [0.05, 0.1) is 17.6 Å². The van der Waals surface area contributed by atoms with Gasteiger partial charge in [0, 0.05) is 24.2 Å². The van der Waals surface area contributed by atoms with Crippen LogP contribution in [0.5, 0.6) is 0 Å². The van der Waals surface area contributed by atoms with Crippen LogP contribution < -0.4 is 10.6 Å². The molecule has 3 rings (SSSR count). The Labute approximate surface area is 169 Å². The second-order valence-electron chi connectivity index (χ2n) is 8.30. The summed E-state index contributed by atoms with van der Waals surface area (Å²) >= 11 is 0. The van der Waals surface area contributed by atoms with E-state index >= 15 is 0 Å². The van der Waals surface area contributed by atoms with E-state index in [2.05, 4.69) is 20.8 Å². The lowest BCUT2D eigenvalue weighted by Gasteiger charge is -2.24. The van der Waals surface area contributed by atoms with Crippen LogP contribution in [0.4, 0.5) is 10.5 Å². The molecule has 3 amide bonds. The highest BCUT2D eigenvalue weighted by Crippen LogP contribution is 2.21. The second-order valence-corrected chi connectivity index (χ2v) is 8.30. The van der Waals surface area contributed by atoms with Crippen molar-refractivity contribution in [1.29, 1.82) is 0 Å². The van der Waals surface area contributed by atoms with Gasteiger partial charge in [0.2, 0.25) is 11.8 Å². The molecule has 0 aliphatic carbocycles. The summed E-state index contributed by atoms with van der Waals surface area (Å²) in [6, 6.07) is 4.78. The molecule has 0 saturated carbocycles. The highest BCUT2D eigenvalue weighted by Gasteiger charge is 2.33. The number of aromatic nitrogens is 2. The Morgan fingerprint density at radius 3 is 2.79 bits per heavy atom. The summed E-state index contributed by atoms with van der Waals surface area (Å²) in [4.78, 5) is 38.7. The molecular weight excluding hydrogens is 374 g/mol. The highest BCUT2D eigenvalue weighted by atomic mass is 16.6. The Morgan fingerprint density at radius 2 is 2.07 bits per heavy atom. The molecule has 9 heteroatoms. The number of H-pyrrole nitrogens is 1. The van der Waals surface area contributed by atoms with E-state index in [0.717, 1.165) is 10.9 Å². The number of aromatic amines is 1. The third kappa shape index (κ3) is 5.24. The van der Waals surface area contributed by atoms with Gasteiger partial charge < -0.3 is 20.3 Å². The van der Waals surface area contributed by atoms with Crippen LogP contribution in [0.2, 0.25) is 0 Å². The zero-order chi connectivity index (χ0) is 21.2. The fraction of sp³-hybridized carbons (Fsp3) is 0.500. The normalized spacial score (nSPS) is 17.8. The number of carbonyl (C=O) groups is 3. The molecule has 9 nitrogen and oxygen atoms in total. The van der Waals surface area contributed by atoms with E-state index < -0.39 is 17.7 Å². The maximum atomic E-state index is 12.6. The number of fused-ring (bicyclic) bond motifs is 1. The van der Waals surface area contributed by atoms with Crippen LogP contribution in [0.15, 0.2) is 24.4 Å².